The van der Waals surface area contributed by atoms with Crippen LogP contribution < -0.4 is 0 Å². The zero-order valence-corrected chi connectivity index (χ0v) is 16.9. The lowest BCUT2D eigenvalue weighted by Crippen LogP contribution is -2.33. The van der Waals surface area contributed by atoms with E-state index in [0.29, 0.717) is 24.8 Å². The van der Waals surface area contributed by atoms with Gasteiger partial charge in [-0.3, -0.25) is 9.79 Å². The lowest BCUT2D eigenvalue weighted by atomic mass is 9.74. The number of Topliss-reactive ketones (excluding diaryl/α,β-unsaturated/α-hetero) is 1. The molecule has 0 saturated carbocycles. The highest BCUT2D eigenvalue weighted by atomic mass is 32.2. The molecule has 1 rings (SSSR count). The van der Waals surface area contributed by atoms with Crippen LogP contribution in [0.2, 0.25) is 0 Å². The minimum Gasteiger partial charge on any atom is -0.511 e. The SMILES string of the molecule is CSCC(C)(C)N=C(CC(C)(C)C)C1=C(O)CC(C)(C)CC1=O. The molecule has 0 aromatic heterocycles. The van der Waals surface area contributed by atoms with Crippen LogP contribution in [0.1, 0.15) is 67.7 Å². The van der Waals surface area contributed by atoms with Gasteiger partial charge in [0.25, 0.3) is 0 Å². The van der Waals surface area contributed by atoms with Crippen molar-refractivity contribution >= 4 is 23.3 Å². The molecule has 0 atom stereocenters. The highest BCUT2D eigenvalue weighted by Crippen LogP contribution is 2.38. The van der Waals surface area contributed by atoms with E-state index in [9.17, 15) is 9.90 Å². The number of carbonyl (C=O) groups excluding carboxylic acids is 1. The average molecular weight is 340 g/mol. The number of allylic oxidation sites excluding steroid dienone is 2. The lowest BCUT2D eigenvalue weighted by Gasteiger charge is -2.32. The third-order valence-corrected chi connectivity index (χ3v) is 4.77. The molecule has 3 nitrogen and oxygen atoms in total. The third-order valence-electron chi connectivity index (χ3n) is 3.77. The first-order valence-electron chi connectivity index (χ1n) is 8.30. The van der Waals surface area contributed by atoms with E-state index in [1.807, 2.05) is 13.8 Å². The molecule has 1 aliphatic carbocycles. The maximum Gasteiger partial charge on any atom is 0.168 e. The summed E-state index contributed by atoms with van der Waals surface area (Å²) >= 11 is 1.75. The highest BCUT2D eigenvalue weighted by Gasteiger charge is 2.36. The number of carbonyl (C=O) groups is 1. The van der Waals surface area contributed by atoms with Crippen LogP contribution in [0, 0.1) is 10.8 Å². The van der Waals surface area contributed by atoms with E-state index in [2.05, 4.69) is 40.9 Å². The van der Waals surface area contributed by atoms with E-state index in [1.165, 1.54) is 0 Å². The van der Waals surface area contributed by atoms with Crippen molar-refractivity contribution in [2.45, 2.75) is 73.3 Å². The third kappa shape index (κ3) is 6.33. The van der Waals surface area contributed by atoms with E-state index >= 15 is 0 Å². The number of aliphatic hydroxyl groups excluding tert-OH is 1. The number of aliphatic imine (C=N–C) groups is 1. The Balaban J connectivity index is 3.35. The molecule has 0 aliphatic heterocycles. The Morgan fingerprint density at radius 3 is 2.22 bits per heavy atom. The molecule has 132 valence electrons. The zero-order valence-electron chi connectivity index (χ0n) is 16.0. The Bertz CT molecular complexity index is 522. The van der Waals surface area contributed by atoms with Crippen LogP contribution in [-0.2, 0) is 4.79 Å². The van der Waals surface area contributed by atoms with E-state index in [-0.39, 0.29) is 27.9 Å². The van der Waals surface area contributed by atoms with E-state index in [1.54, 1.807) is 11.8 Å². The first-order chi connectivity index (χ1) is 10.3. The van der Waals surface area contributed by atoms with Gasteiger partial charge in [-0.1, -0.05) is 34.6 Å². The van der Waals surface area contributed by atoms with Crippen LogP contribution in [0.25, 0.3) is 0 Å². The van der Waals surface area contributed by atoms with Crippen molar-refractivity contribution in [3.63, 3.8) is 0 Å². The standard InChI is InChI=1S/C19H33NO2S/c1-17(2,3)9-13(20-19(6,7)12-23-8)16-14(21)10-18(4,5)11-15(16)22/h21H,9-12H2,1-8H3. The molecule has 23 heavy (non-hydrogen) atoms. The first-order valence-corrected chi connectivity index (χ1v) is 9.69. The zero-order chi connectivity index (χ0) is 18.1. The molecular formula is C19H33NO2S. The number of hydrogen-bond acceptors (Lipinski definition) is 4. The van der Waals surface area contributed by atoms with Crippen LogP contribution in [0.5, 0.6) is 0 Å². The van der Waals surface area contributed by atoms with Crippen LogP contribution in [0.3, 0.4) is 0 Å². The molecule has 1 N–H and O–H groups in total. The number of rotatable bonds is 5. The van der Waals surface area contributed by atoms with Gasteiger partial charge in [0.05, 0.1) is 16.8 Å². The molecule has 0 radical (unpaired) electrons. The van der Waals surface area contributed by atoms with Crippen molar-refractivity contribution in [1.82, 2.24) is 0 Å². The summed E-state index contributed by atoms with van der Waals surface area (Å²) in [6, 6.07) is 0. The van der Waals surface area contributed by atoms with Crippen LogP contribution >= 0.6 is 11.8 Å². The fourth-order valence-electron chi connectivity index (χ4n) is 3.05. The summed E-state index contributed by atoms with van der Waals surface area (Å²) in [4.78, 5) is 17.6. The predicted octanol–water partition coefficient (Wildman–Crippen LogP) is 5.21. The second-order valence-corrected chi connectivity index (χ2v) is 10.2. The summed E-state index contributed by atoms with van der Waals surface area (Å²) in [5.41, 5.74) is 0.838. The van der Waals surface area contributed by atoms with Gasteiger partial charge in [-0.05, 0) is 37.4 Å². The summed E-state index contributed by atoms with van der Waals surface area (Å²) in [6.45, 7) is 14.6. The molecule has 0 saturated heterocycles. The molecule has 0 aromatic carbocycles. The second kappa shape index (κ2) is 7.00. The summed E-state index contributed by atoms with van der Waals surface area (Å²) < 4.78 is 0. The Morgan fingerprint density at radius 1 is 1.22 bits per heavy atom. The molecule has 0 heterocycles. The molecule has 0 spiro atoms. The molecule has 0 bridgehead atoms. The van der Waals surface area contributed by atoms with Gasteiger partial charge in [0.2, 0.25) is 0 Å². The van der Waals surface area contributed by atoms with Crippen molar-refractivity contribution < 1.29 is 9.90 Å². The number of aliphatic hydroxyl groups is 1. The van der Waals surface area contributed by atoms with Gasteiger partial charge in [-0.15, -0.1) is 0 Å². The van der Waals surface area contributed by atoms with Gasteiger partial charge in [0.15, 0.2) is 5.78 Å². The average Bonchev–Trinajstić information content (AvgIpc) is 2.21. The summed E-state index contributed by atoms with van der Waals surface area (Å²) in [5, 5.41) is 10.5. The minimum atomic E-state index is -0.249. The van der Waals surface area contributed by atoms with Gasteiger partial charge >= 0.3 is 0 Å². The Labute approximate surface area is 146 Å². The Morgan fingerprint density at radius 2 is 1.78 bits per heavy atom. The summed E-state index contributed by atoms with van der Waals surface area (Å²) in [5.74, 6) is 1.13. The van der Waals surface area contributed by atoms with Gasteiger partial charge < -0.3 is 5.11 Å². The summed E-state index contributed by atoms with van der Waals surface area (Å²) in [7, 11) is 0. The predicted molar refractivity (Wildman–Crippen MR) is 102 cm³/mol. The van der Waals surface area contributed by atoms with Gasteiger partial charge in [0, 0.05) is 18.6 Å². The van der Waals surface area contributed by atoms with Crippen molar-refractivity contribution in [3.05, 3.63) is 11.3 Å². The normalized spacial score (nSPS) is 20.2. The minimum absolute atomic E-state index is 0.00873. The number of nitrogens with zero attached hydrogens (tertiary/aromatic N) is 1. The van der Waals surface area contributed by atoms with E-state index in [4.69, 9.17) is 4.99 Å². The van der Waals surface area contributed by atoms with E-state index < -0.39 is 0 Å². The molecule has 4 heteroatoms. The molecule has 0 aromatic rings. The highest BCUT2D eigenvalue weighted by molar-refractivity contribution is 7.98. The fraction of sp³-hybridized carbons (Fsp3) is 0.789. The second-order valence-electron chi connectivity index (χ2n) is 9.30. The van der Waals surface area contributed by atoms with E-state index in [0.717, 1.165) is 11.5 Å². The fourth-order valence-corrected chi connectivity index (χ4v) is 3.82. The molecule has 0 amide bonds. The monoisotopic (exact) mass is 339 g/mol. The first kappa shape index (κ1) is 20.3. The number of ketones is 1. The Hall–Kier alpha value is -0.770. The summed E-state index contributed by atoms with van der Waals surface area (Å²) in [6.07, 6.45) is 3.76. The van der Waals surface area contributed by atoms with Gasteiger partial charge in [0.1, 0.15) is 5.76 Å². The molecule has 0 unspecified atom stereocenters. The topological polar surface area (TPSA) is 49.7 Å². The number of hydrogen-bond donors (Lipinski definition) is 1. The van der Waals surface area contributed by atoms with Crippen molar-refractivity contribution in [2.75, 3.05) is 12.0 Å². The molecule has 0 fully saturated rings. The van der Waals surface area contributed by atoms with Crippen molar-refractivity contribution in [3.8, 4) is 0 Å². The van der Waals surface area contributed by atoms with Crippen molar-refractivity contribution in [1.29, 1.82) is 0 Å². The maximum absolute atomic E-state index is 12.7. The lowest BCUT2D eigenvalue weighted by molar-refractivity contribution is -0.117. The quantitative estimate of drug-likeness (QED) is 0.700. The number of thioether (sulfide) groups is 1. The van der Waals surface area contributed by atoms with Gasteiger partial charge in [-0.25, -0.2) is 0 Å². The smallest absolute Gasteiger partial charge is 0.168 e. The molecular weight excluding hydrogens is 306 g/mol. The van der Waals surface area contributed by atoms with Gasteiger partial charge in [-0.2, -0.15) is 11.8 Å². The van der Waals surface area contributed by atoms with Crippen molar-refractivity contribution in [2.24, 2.45) is 15.8 Å². The largest absolute Gasteiger partial charge is 0.511 e. The Kier molecular flexibility index (Phi) is 6.17. The van der Waals surface area contributed by atoms with Crippen LogP contribution in [-0.4, -0.2) is 34.1 Å². The maximum atomic E-state index is 12.7. The molecule has 1 aliphatic rings. The van der Waals surface area contributed by atoms with Crippen LogP contribution in [0.4, 0.5) is 0 Å². The van der Waals surface area contributed by atoms with Crippen LogP contribution in [0.15, 0.2) is 16.3 Å².